The van der Waals surface area contributed by atoms with Crippen LogP contribution in [0.5, 0.6) is 11.5 Å². The molecule has 0 aromatic heterocycles. The first-order chi connectivity index (χ1) is 13.8. The third kappa shape index (κ3) is 6.50. The van der Waals surface area contributed by atoms with Gasteiger partial charge in [0, 0.05) is 18.0 Å². The van der Waals surface area contributed by atoms with Crippen molar-refractivity contribution in [2.75, 3.05) is 20.8 Å². The highest BCUT2D eigenvalue weighted by atomic mass is 16.5. The largest absolute Gasteiger partial charge is 0.493 e. The number of hydrogen-bond donors (Lipinski definition) is 2. The first-order valence-electron chi connectivity index (χ1n) is 10.3. The highest BCUT2D eigenvalue weighted by molar-refractivity contribution is 5.76. The summed E-state index contributed by atoms with van der Waals surface area (Å²) in [5.74, 6) is 2.31. The molecule has 2 aromatic carbocycles. The van der Waals surface area contributed by atoms with Crippen molar-refractivity contribution in [1.29, 1.82) is 0 Å². The Morgan fingerprint density at radius 1 is 0.931 bits per heavy atom. The van der Waals surface area contributed by atoms with Gasteiger partial charge < -0.3 is 20.1 Å². The first-order valence-corrected chi connectivity index (χ1v) is 10.3. The van der Waals surface area contributed by atoms with Crippen LogP contribution in [0.25, 0.3) is 0 Å². The predicted octanol–water partition coefficient (Wildman–Crippen LogP) is 3.40. The Kier molecular flexibility index (Phi) is 8.52. The molecule has 0 heterocycles. The fourth-order valence-electron chi connectivity index (χ4n) is 3.39. The molecule has 0 fully saturated rings. The summed E-state index contributed by atoms with van der Waals surface area (Å²) in [4.78, 5) is 12.4. The number of nitrogens with two attached hydrogens (primary N) is 1. The minimum absolute atomic E-state index is 0.0178. The van der Waals surface area contributed by atoms with E-state index in [1.165, 1.54) is 11.1 Å². The van der Waals surface area contributed by atoms with Crippen molar-refractivity contribution in [2.24, 2.45) is 5.92 Å². The van der Waals surface area contributed by atoms with E-state index in [-0.39, 0.29) is 11.9 Å². The van der Waals surface area contributed by atoms with Gasteiger partial charge in [-0.05, 0) is 29.2 Å². The number of amides is 1. The molecule has 0 aliphatic rings. The predicted molar refractivity (Wildman–Crippen MR) is 116 cm³/mol. The van der Waals surface area contributed by atoms with Gasteiger partial charge in [0.05, 0.1) is 14.2 Å². The Morgan fingerprint density at radius 2 is 1.55 bits per heavy atom. The monoisotopic (exact) mass is 399 g/mol. The van der Waals surface area contributed by atoms with E-state index < -0.39 is 0 Å². The molecule has 0 bridgehead atoms. The molecule has 3 N–H and O–H groups in total. The first kappa shape index (κ1) is 22.8. The van der Waals surface area contributed by atoms with Gasteiger partial charge in [0.1, 0.15) is 6.04 Å². The number of nitrogens with one attached hydrogen (secondary N) is 1. The zero-order chi connectivity index (χ0) is 21.4. The molecule has 1 atom stereocenters. The summed E-state index contributed by atoms with van der Waals surface area (Å²) < 4.78 is 10.6. The van der Waals surface area contributed by atoms with E-state index in [1.54, 1.807) is 14.2 Å². The van der Waals surface area contributed by atoms with E-state index in [0.29, 0.717) is 36.4 Å². The van der Waals surface area contributed by atoms with E-state index in [0.717, 1.165) is 5.56 Å². The fourth-order valence-corrected chi connectivity index (χ4v) is 3.39. The molecule has 2 rings (SSSR count). The summed E-state index contributed by atoms with van der Waals surface area (Å²) in [6.07, 6.45) is 0. The highest BCUT2D eigenvalue weighted by Gasteiger charge is 2.20. The Bertz CT molecular complexity index is 785. The lowest BCUT2D eigenvalue weighted by molar-refractivity contribution is -0.692. The summed E-state index contributed by atoms with van der Waals surface area (Å²) in [6, 6.07) is 14.7. The van der Waals surface area contributed by atoms with Gasteiger partial charge in [-0.2, -0.15) is 0 Å². The second-order valence-corrected chi connectivity index (χ2v) is 8.00. The van der Waals surface area contributed by atoms with Crippen molar-refractivity contribution in [3.63, 3.8) is 0 Å². The van der Waals surface area contributed by atoms with Crippen LogP contribution in [0.1, 0.15) is 56.3 Å². The van der Waals surface area contributed by atoms with Crippen molar-refractivity contribution in [3.8, 4) is 11.5 Å². The zero-order valence-corrected chi connectivity index (χ0v) is 18.5. The van der Waals surface area contributed by atoms with Gasteiger partial charge in [-0.25, -0.2) is 0 Å². The average Bonchev–Trinajstić information content (AvgIpc) is 2.72. The van der Waals surface area contributed by atoms with Crippen molar-refractivity contribution in [2.45, 2.75) is 46.2 Å². The molecule has 0 aliphatic heterocycles. The zero-order valence-electron chi connectivity index (χ0n) is 18.5. The van der Waals surface area contributed by atoms with E-state index >= 15 is 0 Å². The maximum atomic E-state index is 12.4. The number of quaternary nitrogens is 1. The van der Waals surface area contributed by atoms with Crippen LogP contribution in [0.4, 0.5) is 0 Å². The fraction of sp³-hybridized carbons (Fsp3) is 0.458. The summed E-state index contributed by atoms with van der Waals surface area (Å²) in [6.45, 7) is 9.64. The van der Waals surface area contributed by atoms with Crippen LogP contribution in [-0.4, -0.2) is 26.7 Å². The van der Waals surface area contributed by atoms with Crippen LogP contribution in [-0.2, 0) is 11.3 Å². The number of carbonyl (C=O) groups is 1. The van der Waals surface area contributed by atoms with Crippen LogP contribution >= 0.6 is 0 Å². The van der Waals surface area contributed by atoms with Gasteiger partial charge in [-0.15, -0.1) is 0 Å². The lowest BCUT2D eigenvalue weighted by atomic mass is 9.93. The van der Waals surface area contributed by atoms with Gasteiger partial charge >= 0.3 is 0 Å². The van der Waals surface area contributed by atoms with Crippen LogP contribution in [0.15, 0.2) is 42.5 Å². The lowest BCUT2D eigenvalue weighted by Gasteiger charge is -2.20. The third-order valence-corrected chi connectivity index (χ3v) is 5.20. The van der Waals surface area contributed by atoms with Gasteiger partial charge in [0.2, 0.25) is 0 Å². The van der Waals surface area contributed by atoms with E-state index in [9.17, 15) is 4.79 Å². The molecule has 2 aromatic rings. The number of benzene rings is 2. The molecule has 1 amide bonds. The second kappa shape index (κ2) is 10.9. The highest BCUT2D eigenvalue weighted by Crippen LogP contribution is 2.27. The second-order valence-electron chi connectivity index (χ2n) is 8.00. The summed E-state index contributed by atoms with van der Waals surface area (Å²) in [5, 5.41) is 5.11. The SMILES string of the molecule is COc1ccc(CNC(=O)C[NH2+][C@@H](c2ccc(C(C)C)cc2)C(C)C)cc1OC. The summed E-state index contributed by atoms with van der Waals surface area (Å²) >= 11 is 0. The smallest absolute Gasteiger partial charge is 0.275 e. The molecule has 0 unspecified atom stereocenters. The Labute approximate surface area is 174 Å². The maximum Gasteiger partial charge on any atom is 0.275 e. The Morgan fingerprint density at radius 3 is 2.10 bits per heavy atom. The lowest BCUT2D eigenvalue weighted by Crippen LogP contribution is -2.88. The van der Waals surface area contributed by atoms with Gasteiger partial charge in [0.25, 0.3) is 5.91 Å². The molecule has 0 saturated carbocycles. The van der Waals surface area contributed by atoms with Crippen LogP contribution in [0, 0.1) is 5.92 Å². The van der Waals surface area contributed by atoms with Crippen molar-refractivity contribution in [1.82, 2.24) is 5.32 Å². The van der Waals surface area contributed by atoms with Crippen LogP contribution < -0.4 is 20.1 Å². The molecule has 0 aliphatic carbocycles. The summed E-state index contributed by atoms with van der Waals surface area (Å²) in [7, 11) is 3.21. The quantitative estimate of drug-likeness (QED) is 0.644. The van der Waals surface area contributed by atoms with E-state index in [2.05, 4.69) is 62.6 Å². The van der Waals surface area contributed by atoms with Gasteiger partial charge in [0.15, 0.2) is 18.0 Å². The van der Waals surface area contributed by atoms with Gasteiger partial charge in [-0.1, -0.05) is 58.0 Å². The van der Waals surface area contributed by atoms with E-state index in [4.69, 9.17) is 9.47 Å². The molecule has 0 radical (unpaired) electrons. The topological polar surface area (TPSA) is 64.2 Å². The minimum atomic E-state index is 0.0178. The maximum absolute atomic E-state index is 12.4. The number of hydrogen-bond acceptors (Lipinski definition) is 3. The molecule has 5 heteroatoms. The Hall–Kier alpha value is -2.53. The van der Waals surface area contributed by atoms with Crippen molar-refractivity contribution >= 4 is 5.91 Å². The van der Waals surface area contributed by atoms with E-state index in [1.807, 2.05) is 18.2 Å². The standard InChI is InChI=1S/C24H34N2O3/c1-16(2)19-8-10-20(11-9-19)24(17(3)4)26-15-23(27)25-14-18-7-12-21(28-5)22(13-18)29-6/h7-13,16-17,24,26H,14-15H2,1-6H3,(H,25,27)/p+1/t24-/m1/s1. The number of rotatable bonds is 10. The number of ether oxygens (including phenoxy) is 2. The van der Waals surface area contributed by atoms with Crippen molar-refractivity contribution in [3.05, 3.63) is 59.2 Å². The minimum Gasteiger partial charge on any atom is -0.493 e. The molecule has 0 spiro atoms. The number of carbonyl (C=O) groups excluding carboxylic acids is 1. The summed E-state index contributed by atoms with van der Waals surface area (Å²) in [5.41, 5.74) is 3.57. The van der Waals surface area contributed by atoms with Crippen LogP contribution in [0.3, 0.4) is 0 Å². The Balaban J connectivity index is 1.92. The average molecular weight is 400 g/mol. The molecule has 5 nitrogen and oxygen atoms in total. The molecule has 158 valence electrons. The third-order valence-electron chi connectivity index (χ3n) is 5.20. The van der Waals surface area contributed by atoms with Gasteiger partial charge in [-0.3, -0.25) is 4.79 Å². The molecular weight excluding hydrogens is 364 g/mol. The van der Waals surface area contributed by atoms with Crippen molar-refractivity contribution < 1.29 is 19.6 Å². The normalized spacial score (nSPS) is 12.1. The number of methoxy groups -OCH3 is 2. The van der Waals surface area contributed by atoms with Crippen LogP contribution in [0.2, 0.25) is 0 Å². The molecular formula is C24H35N2O3+. The molecule has 29 heavy (non-hydrogen) atoms. The molecule has 0 saturated heterocycles.